The Hall–Kier alpha value is -1.59. The average Bonchev–Trinajstić information content (AvgIpc) is 3.12. The molecule has 0 heterocycles. The van der Waals surface area contributed by atoms with Crippen molar-refractivity contribution in [2.45, 2.75) is 259 Å². The molecule has 0 bridgehead atoms. The van der Waals surface area contributed by atoms with Crippen molar-refractivity contribution in [1.82, 2.24) is 0 Å². The van der Waals surface area contributed by atoms with Crippen molar-refractivity contribution in [2.24, 2.45) is 11.8 Å². The summed E-state index contributed by atoms with van der Waals surface area (Å²) in [6.45, 7) is 11.2. The monoisotopic (exact) mass is 751 g/mol. The minimum Gasteiger partial charge on any atom is -0.462 e. The van der Waals surface area contributed by atoms with Crippen LogP contribution in [0.25, 0.3) is 0 Å². The first-order chi connectivity index (χ1) is 25.7. The van der Waals surface area contributed by atoms with Gasteiger partial charge in [-0.15, -0.1) is 0 Å². The van der Waals surface area contributed by atoms with Crippen LogP contribution in [0.3, 0.4) is 0 Å². The Morgan fingerprint density at radius 2 is 0.623 bits per heavy atom. The maximum absolute atomic E-state index is 12.7. The molecule has 1 atom stereocenters. The number of rotatable bonds is 41. The third-order valence-corrected chi connectivity index (χ3v) is 10.5. The van der Waals surface area contributed by atoms with Crippen molar-refractivity contribution in [2.75, 3.05) is 13.2 Å². The molecule has 0 unspecified atom stereocenters. The number of esters is 3. The molecular formula is C47H90O6. The lowest BCUT2D eigenvalue weighted by Gasteiger charge is -2.18. The molecule has 0 radical (unpaired) electrons. The van der Waals surface area contributed by atoms with E-state index in [1.54, 1.807) is 0 Å². The molecule has 6 nitrogen and oxygen atoms in total. The van der Waals surface area contributed by atoms with Gasteiger partial charge in [0.15, 0.2) is 6.10 Å². The summed E-state index contributed by atoms with van der Waals surface area (Å²) >= 11 is 0. The Kier molecular flexibility index (Phi) is 38.9. The van der Waals surface area contributed by atoms with Crippen LogP contribution in [0.15, 0.2) is 0 Å². The first-order valence-electron chi connectivity index (χ1n) is 23.2. The van der Waals surface area contributed by atoms with Crippen molar-refractivity contribution >= 4 is 17.9 Å². The molecule has 0 saturated carbocycles. The highest BCUT2D eigenvalue weighted by Gasteiger charge is 2.19. The fourth-order valence-electron chi connectivity index (χ4n) is 6.93. The Morgan fingerprint density at radius 1 is 0.358 bits per heavy atom. The Bertz CT molecular complexity index is 809. The molecule has 0 rings (SSSR count). The van der Waals surface area contributed by atoms with Crippen LogP contribution < -0.4 is 0 Å². The second-order valence-corrected chi connectivity index (χ2v) is 17.0. The molecule has 0 amide bonds. The summed E-state index contributed by atoms with van der Waals surface area (Å²) in [5.74, 6) is 0.698. The highest BCUT2D eigenvalue weighted by molar-refractivity contribution is 5.71. The summed E-state index contributed by atoms with van der Waals surface area (Å²) in [5.41, 5.74) is 0. The molecule has 314 valence electrons. The number of hydrogen-bond donors (Lipinski definition) is 0. The predicted octanol–water partition coefficient (Wildman–Crippen LogP) is 14.6. The lowest BCUT2D eigenvalue weighted by Crippen LogP contribution is -2.30. The molecule has 0 spiro atoms. The van der Waals surface area contributed by atoms with Crippen molar-refractivity contribution < 1.29 is 28.6 Å². The van der Waals surface area contributed by atoms with Gasteiger partial charge in [-0.05, 0) is 31.1 Å². The van der Waals surface area contributed by atoms with Gasteiger partial charge in [-0.1, -0.05) is 214 Å². The SMILES string of the molecule is CCCCCCCCCCCCCCCCCC(=O)OC[C@H](COC(=O)CCCCCCCCCC(C)C)OC(=O)CCCCCCCCCC(C)C. The van der Waals surface area contributed by atoms with Gasteiger partial charge in [0, 0.05) is 19.3 Å². The quantitative estimate of drug-likeness (QED) is 0.0352. The van der Waals surface area contributed by atoms with Gasteiger partial charge in [-0.2, -0.15) is 0 Å². The lowest BCUT2D eigenvalue weighted by molar-refractivity contribution is -0.167. The van der Waals surface area contributed by atoms with Crippen LogP contribution in [0.4, 0.5) is 0 Å². The molecule has 0 saturated heterocycles. The highest BCUT2D eigenvalue weighted by Crippen LogP contribution is 2.16. The second kappa shape index (κ2) is 40.1. The molecule has 0 aromatic carbocycles. The molecule has 0 N–H and O–H groups in total. The molecule has 0 fully saturated rings. The van der Waals surface area contributed by atoms with Crippen molar-refractivity contribution in [1.29, 1.82) is 0 Å². The van der Waals surface area contributed by atoms with E-state index in [2.05, 4.69) is 34.6 Å². The predicted molar refractivity (Wildman–Crippen MR) is 224 cm³/mol. The first-order valence-corrected chi connectivity index (χ1v) is 23.2. The van der Waals surface area contributed by atoms with Gasteiger partial charge < -0.3 is 14.2 Å². The van der Waals surface area contributed by atoms with Gasteiger partial charge >= 0.3 is 17.9 Å². The molecule has 0 aromatic rings. The van der Waals surface area contributed by atoms with Gasteiger partial charge in [0.05, 0.1) is 0 Å². The second-order valence-electron chi connectivity index (χ2n) is 17.0. The van der Waals surface area contributed by atoms with E-state index >= 15 is 0 Å². The Labute approximate surface area is 329 Å². The van der Waals surface area contributed by atoms with Crippen LogP contribution >= 0.6 is 0 Å². The third-order valence-electron chi connectivity index (χ3n) is 10.5. The standard InChI is InChI=1S/C47H90O6/c1-6-7-8-9-10-11-12-13-14-15-16-17-22-27-32-37-45(48)51-40-44(53-47(50)39-34-29-24-19-21-26-31-36-43(4)5)41-52-46(49)38-33-28-23-18-20-25-30-35-42(2)3/h42-44H,6-41H2,1-5H3/t44-/m1/s1. The fourth-order valence-corrected chi connectivity index (χ4v) is 6.93. The summed E-state index contributed by atoms with van der Waals surface area (Å²) in [6, 6.07) is 0. The zero-order chi connectivity index (χ0) is 39.0. The summed E-state index contributed by atoms with van der Waals surface area (Å²) in [5, 5.41) is 0. The molecule has 0 aliphatic carbocycles. The van der Waals surface area contributed by atoms with Crippen LogP contribution in [-0.4, -0.2) is 37.2 Å². The molecule has 0 aliphatic rings. The van der Waals surface area contributed by atoms with E-state index in [1.807, 2.05) is 0 Å². The van der Waals surface area contributed by atoms with Gasteiger partial charge in [0.25, 0.3) is 0 Å². The summed E-state index contributed by atoms with van der Waals surface area (Å²) in [4.78, 5) is 37.7. The zero-order valence-electron chi connectivity index (χ0n) is 36.1. The van der Waals surface area contributed by atoms with Crippen molar-refractivity contribution in [3.63, 3.8) is 0 Å². The van der Waals surface area contributed by atoms with Crippen LogP contribution in [0.1, 0.15) is 253 Å². The van der Waals surface area contributed by atoms with Gasteiger partial charge in [-0.3, -0.25) is 14.4 Å². The summed E-state index contributed by atoms with van der Waals surface area (Å²) in [7, 11) is 0. The third kappa shape index (κ3) is 41.4. The zero-order valence-corrected chi connectivity index (χ0v) is 36.1. The van der Waals surface area contributed by atoms with E-state index in [-0.39, 0.29) is 31.1 Å². The van der Waals surface area contributed by atoms with E-state index in [1.165, 1.54) is 141 Å². The molecule has 6 heteroatoms. The van der Waals surface area contributed by atoms with E-state index < -0.39 is 6.10 Å². The molecule has 0 aromatic heterocycles. The molecule has 0 aliphatic heterocycles. The largest absolute Gasteiger partial charge is 0.462 e. The summed E-state index contributed by atoms with van der Waals surface area (Å²) in [6.07, 6.45) is 38.2. The molecular weight excluding hydrogens is 661 g/mol. The smallest absolute Gasteiger partial charge is 0.306 e. The van der Waals surface area contributed by atoms with Crippen molar-refractivity contribution in [3.8, 4) is 0 Å². The maximum Gasteiger partial charge on any atom is 0.306 e. The Morgan fingerprint density at radius 3 is 0.925 bits per heavy atom. The average molecular weight is 751 g/mol. The fraction of sp³-hybridized carbons (Fsp3) is 0.936. The van der Waals surface area contributed by atoms with E-state index in [9.17, 15) is 14.4 Å². The lowest BCUT2D eigenvalue weighted by atomic mass is 10.0. The van der Waals surface area contributed by atoms with E-state index in [0.29, 0.717) is 19.3 Å². The van der Waals surface area contributed by atoms with Gasteiger partial charge in [0.2, 0.25) is 0 Å². The Balaban J connectivity index is 4.29. The van der Waals surface area contributed by atoms with Crippen molar-refractivity contribution in [3.05, 3.63) is 0 Å². The van der Waals surface area contributed by atoms with Crippen LogP contribution in [0.5, 0.6) is 0 Å². The summed E-state index contributed by atoms with van der Waals surface area (Å²) < 4.78 is 16.7. The minimum absolute atomic E-state index is 0.0657. The first kappa shape index (κ1) is 51.4. The number of carbonyl (C=O) groups excluding carboxylic acids is 3. The molecule has 53 heavy (non-hydrogen) atoms. The van der Waals surface area contributed by atoms with Crippen LogP contribution in [-0.2, 0) is 28.6 Å². The topological polar surface area (TPSA) is 78.9 Å². The number of carbonyl (C=O) groups is 3. The number of hydrogen-bond acceptors (Lipinski definition) is 6. The number of ether oxygens (including phenoxy) is 3. The maximum atomic E-state index is 12.7. The van der Waals surface area contributed by atoms with Crippen LogP contribution in [0, 0.1) is 11.8 Å². The minimum atomic E-state index is -0.761. The number of unbranched alkanes of at least 4 members (excludes halogenated alkanes) is 26. The van der Waals surface area contributed by atoms with E-state index in [4.69, 9.17) is 14.2 Å². The van der Waals surface area contributed by atoms with E-state index in [0.717, 1.165) is 69.6 Å². The van der Waals surface area contributed by atoms with Crippen LogP contribution in [0.2, 0.25) is 0 Å². The van der Waals surface area contributed by atoms with Gasteiger partial charge in [-0.25, -0.2) is 0 Å². The van der Waals surface area contributed by atoms with Gasteiger partial charge in [0.1, 0.15) is 13.2 Å². The highest BCUT2D eigenvalue weighted by atomic mass is 16.6. The normalized spacial score (nSPS) is 12.1.